The molecule has 0 amide bonds. The molecule has 0 spiro atoms. The number of nitrogens with two attached hydrogens (primary N) is 1. The van der Waals surface area contributed by atoms with Crippen molar-refractivity contribution in [2.45, 2.75) is 31.7 Å². The molecule has 0 aliphatic carbocycles. The van der Waals surface area contributed by atoms with Crippen LogP contribution >= 0.6 is 0 Å². The van der Waals surface area contributed by atoms with Gasteiger partial charge in [0.2, 0.25) is 0 Å². The second kappa shape index (κ2) is 6.33. The number of hydrogen-bond acceptors (Lipinski definition) is 3. The van der Waals surface area contributed by atoms with E-state index in [0.717, 1.165) is 5.56 Å². The van der Waals surface area contributed by atoms with Crippen LogP contribution in [0.25, 0.3) is 0 Å². The molecule has 1 aromatic carbocycles. The Bertz CT molecular complexity index is 446. The summed E-state index contributed by atoms with van der Waals surface area (Å²) in [5.41, 5.74) is 5.14. The third-order valence-corrected chi connectivity index (χ3v) is 3.34. The van der Waals surface area contributed by atoms with Gasteiger partial charge < -0.3 is 15.9 Å². The minimum atomic E-state index is -1.49. The van der Waals surface area contributed by atoms with Gasteiger partial charge in [-0.15, -0.1) is 0 Å². The summed E-state index contributed by atoms with van der Waals surface area (Å²) in [4.78, 5) is 22.4. The van der Waals surface area contributed by atoms with E-state index in [2.05, 4.69) is 0 Å². The molecule has 0 radical (unpaired) electrons. The first-order valence-electron chi connectivity index (χ1n) is 6.18. The zero-order valence-corrected chi connectivity index (χ0v) is 10.9. The Balaban J connectivity index is 2.85. The molecule has 0 heterocycles. The summed E-state index contributed by atoms with van der Waals surface area (Å²) in [6.07, 6.45) is 0.395. The predicted molar refractivity (Wildman–Crippen MR) is 70.7 cm³/mol. The van der Waals surface area contributed by atoms with Gasteiger partial charge in [0.1, 0.15) is 5.54 Å². The van der Waals surface area contributed by atoms with Crippen molar-refractivity contribution in [2.24, 2.45) is 11.7 Å². The molecule has 5 heteroatoms. The third kappa shape index (κ3) is 4.06. The van der Waals surface area contributed by atoms with E-state index in [1.54, 1.807) is 6.92 Å². The summed E-state index contributed by atoms with van der Waals surface area (Å²) in [6.45, 7) is 1.65. The van der Waals surface area contributed by atoms with Crippen LogP contribution in [0.1, 0.15) is 25.3 Å². The van der Waals surface area contributed by atoms with Gasteiger partial charge in [-0.05, 0) is 24.8 Å². The summed E-state index contributed by atoms with van der Waals surface area (Å²) in [5, 5.41) is 18.3. The van der Waals surface area contributed by atoms with Crippen LogP contribution in [0.15, 0.2) is 30.3 Å². The molecule has 0 saturated carbocycles. The Morgan fingerprint density at radius 3 is 2.26 bits per heavy atom. The lowest BCUT2D eigenvalue weighted by atomic mass is 9.83. The summed E-state index contributed by atoms with van der Waals surface area (Å²) in [5.74, 6) is -2.98. The average molecular weight is 265 g/mol. The van der Waals surface area contributed by atoms with Gasteiger partial charge in [0, 0.05) is 0 Å². The molecule has 5 nitrogen and oxygen atoms in total. The maximum atomic E-state index is 11.3. The van der Waals surface area contributed by atoms with Crippen molar-refractivity contribution in [3.8, 4) is 0 Å². The molecule has 1 aromatic rings. The van der Waals surface area contributed by atoms with E-state index < -0.39 is 23.4 Å². The van der Waals surface area contributed by atoms with Gasteiger partial charge in [-0.1, -0.05) is 37.3 Å². The van der Waals surface area contributed by atoms with Crippen LogP contribution < -0.4 is 5.73 Å². The fraction of sp³-hybridized carbons (Fsp3) is 0.429. The normalized spacial score (nSPS) is 15.5. The Kier molecular flexibility index (Phi) is 5.06. The largest absolute Gasteiger partial charge is 0.481 e. The van der Waals surface area contributed by atoms with Gasteiger partial charge in [0.25, 0.3) is 0 Å². The first-order chi connectivity index (χ1) is 8.89. The van der Waals surface area contributed by atoms with Gasteiger partial charge in [0.15, 0.2) is 0 Å². The molecule has 0 aliphatic heterocycles. The predicted octanol–water partition coefficient (Wildman–Crippen LogP) is 1.51. The second-order valence-corrected chi connectivity index (χ2v) is 4.74. The fourth-order valence-corrected chi connectivity index (χ4v) is 1.97. The van der Waals surface area contributed by atoms with Crippen molar-refractivity contribution >= 4 is 11.9 Å². The van der Waals surface area contributed by atoms with E-state index in [4.69, 9.17) is 10.8 Å². The lowest BCUT2D eigenvalue weighted by Crippen LogP contribution is -2.49. The Labute approximate surface area is 112 Å². The van der Waals surface area contributed by atoms with Crippen molar-refractivity contribution in [3.05, 3.63) is 35.9 Å². The Morgan fingerprint density at radius 2 is 1.84 bits per heavy atom. The topological polar surface area (TPSA) is 101 Å². The average Bonchev–Trinajstić information content (AvgIpc) is 2.38. The minimum absolute atomic E-state index is 0.0803. The maximum absolute atomic E-state index is 11.3. The van der Waals surface area contributed by atoms with Crippen molar-refractivity contribution in [2.75, 3.05) is 0 Å². The molecule has 0 fully saturated rings. The first-order valence-corrected chi connectivity index (χ1v) is 6.18. The molecule has 19 heavy (non-hydrogen) atoms. The number of benzene rings is 1. The standard InChI is InChI=1S/C14H19NO4/c1-2-14(15,13(18)19)9-11(12(16)17)8-10-6-4-3-5-7-10/h3-7,11H,2,8-9,15H2,1H3,(H,16,17)(H,18,19)/t11-,14+/m1/s1. The molecule has 0 unspecified atom stereocenters. The number of hydrogen-bond donors (Lipinski definition) is 3. The number of carbonyl (C=O) groups is 2. The van der Waals surface area contributed by atoms with Crippen molar-refractivity contribution in [1.29, 1.82) is 0 Å². The first kappa shape index (κ1) is 15.2. The molecule has 0 bridgehead atoms. The highest BCUT2D eigenvalue weighted by atomic mass is 16.4. The molecule has 0 aliphatic rings. The summed E-state index contributed by atoms with van der Waals surface area (Å²) in [6, 6.07) is 9.12. The zero-order valence-electron chi connectivity index (χ0n) is 10.9. The van der Waals surface area contributed by atoms with E-state index in [-0.39, 0.29) is 19.3 Å². The molecule has 0 aromatic heterocycles. The van der Waals surface area contributed by atoms with Crippen molar-refractivity contribution in [1.82, 2.24) is 0 Å². The highest BCUT2D eigenvalue weighted by Gasteiger charge is 2.37. The molecular formula is C14H19NO4. The fourth-order valence-electron chi connectivity index (χ4n) is 1.97. The quantitative estimate of drug-likeness (QED) is 0.693. The molecule has 1 rings (SSSR count). The van der Waals surface area contributed by atoms with E-state index in [9.17, 15) is 14.7 Å². The Hall–Kier alpha value is -1.88. The lowest BCUT2D eigenvalue weighted by Gasteiger charge is -2.26. The number of carboxylic acids is 2. The van der Waals surface area contributed by atoms with Gasteiger partial charge >= 0.3 is 11.9 Å². The van der Waals surface area contributed by atoms with Gasteiger partial charge in [0.05, 0.1) is 5.92 Å². The molecule has 0 saturated heterocycles. The van der Waals surface area contributed by atoms with Crippen molar-refractivity contribution < 1.29 is 19.8 Å². The number of carboxylic acid groups (broad SMARTS) is 2. The third-order valence-electron chi connectivity index (χ3n) is 3.34. The number of aliphatic carboxylic acids is 2. The van der Waals surface area contributed by atoms with Crippen LogP contribution in [0.2, 0.25) is 0 Å². The maximum Gasteiger partial charge on any atom is 0.323 e. The van der Waals surface area contributed by atoms with Crippen LogP contribution in [0.4, 0.5) is 0 Å². The molecular weight excluding hydrogens is 246 g/mol. The van der Waals surface area contributed by atoms with E-state index in [0.29, 0.717) is 0 Å². The highest BCUT2D eigenvalue weighted by molar-refractivity contribution is 5.80. The summed E-state index contributed by atoms with van der Waals surface area (Å²) in [7, 11) is 0. The van der Waals surface area contributed by atoms with E-state index >= 15 is 0 Å². The van der Waals surface area contributed by atoms with E-state index in [1.807, 2.05) is 30.3 Å². The van der Waals surface area contributed by atoms with Crippen LogP contribution in [-0.4, -0.2) is 27.7 Å². The summed E-state index contributed by atoms with van der Waals surface area (Å²) < 4.78 is 0. The minimum Gasteiger partial charge on any atom is -0.481 e. The van der Waals surface area contributed by atoms with Gasteiger partial charge in [-0.25, -0.2) is 0 Å². The van der Waals surface area contributed by atoms with Crippen LogP contribution in [0, 0.1) is 5.92 Å². The van der Waals surface area contributed by atoms with Crippen LogP contribution in [0.5, 0.6) is 0 Å². The molecule has 2 atom stereocenters. The number of rotatable bonds is 7. The Morgan fingerprint density at radius 1 is 1.26 bits per heavy atom. The molecule has 104 valence electrons. The second-order valence-electron chi connectivity index (χ2n) is 4.74. The van der Waals surface area contributed by atoms with Gasteiger partial charge in [-0.2, -0.15) is 0 Å². The SMILES string of the molecule is CC[C@](N)(C[C@@H](Cc1ccccc1)C(=O)O)C(=O)O. The lowest BCUT2D eigenvalue weighted by molar-refractivity contribution is -0.147. The van der Waals surface area contributed by atoms with E-state index in [1.165, 1.54) is 0 Å². The van der Waals surface area contributed by atoms with Crippen LogP contribution in [0.3, 0.4) is 0 Å². The summed E-state index contributed by atoms with van der Waals surface area (Å²) >= 11 is 0. The van der Waals surface area contributed by atoms with Crippen LogP contribution in [-0.2, 0) is 16.0 Å². The molecule has 4 N–H and O–H groups in total. The van der Waals surface area contributed by atoms with Crippen molar-refractivity contribution in [3.63, 3.8) is 0 Å². The highest BCUT2D eigenvalue weighted by Crippen LogP contribution is 2.22. The smallest absolute Gasteiger partial charge is 0.323 e. The monoisotopic (exact) mass is 265 g/mol. The zero-order chi connectivity index (χ0) is 14.5. The van der Waals surface area contributed by atoms with Gasteiger partial charge in [-0.3, -0.25) is 9.59 Å².